The van der Waals surface area contributed by atoms with E-state index >= 15 is 0 Å². The maximum absolute atomic E-state index is 11.2. The van der Waals surface area contributed by atoms with Crippen LogP contribution in [0.2, 0.25) is 0 Å². The smallest absolute Gasteiger partial charge is 0.251 e. The van der Waals surface area contributed by atoms with Crippen LogP contribution in [0.3, 0.4) is 0 Å². The van der Waals surface area contributed by atoms with Gasteiger partial charge in [-0.05, 0) is 18.2 Å². The monoisotopic (exact) mass is 275 g/mol. The maximum Gasteiger partial charge on any atom is 0.251 e. The first-order chi connectivity index (χ1) is 8.65. The van der Waals surface area contributed by atoms with Gasteiger partial charge in [-0.3, -0.25) is 4.79 Å². The minimum absolute atomic E-state index is 0.370. The summed E-state index contributed by atoms with van der Waals surface area (Å²) in [5, 5.41) is 1.30. The van der Waals surface area contributed by atoms with Crippen molar-refractivity contribution >= 4 is 43.8 Å². The Morgan fingerprint density at radius 1 is 1.22 bits per heavy atom. The van der Waals surface area contributed by atoms with E-state index in [0.717, 1.165) is 20.1 Å². The number of carbonyl (C=O) groups excluding carboxylic acids is 1. The lowest BCUT2D eigenvalue weighted by atomic mass is 10.3. The zero-order valence-corrected chi connectivity index (χ0v) is 10.8. The second kappa shape index (κ2) is 4.08. The minimum atomic E-state index is -0.504. The summed E-state index contributed by atoms with van der Waals surface area (Å²) in [7, 11) is 0. The topological polar surface area (TPSA) is 82.0 Å². The number of para-hydroxylation sites is 1. The number of amides is 1. The van der Waals surface area contributed by atoms with Gasteiger partial charge in [-0.1, -0.05) is 12.1 Å². The number of thiazole rings is 1. The molecular weight excluding hydrogens is 266 g/mol. The van der Waals surface area contributed by atoms with Gasteiger partial charge >= 0.3 is 0 Å². The number of nitrogen functional groups attached to an aromatic ring is 1. The Labute approximate surface area is 111 Å². The normalized spacial score (nSPS) is 10.9. The third-order valence-corrected chi connectivity index (χ3v) is 4.70. The Kier molecular flexibility index (Phi) is 2.53. The zero-order chi connectivity index (χ0) is 12.7. The standard InChI is InChI=1S/C12H9N3OS2/c13-10(16)6-5-9(17-11(6)14)12-15-7-3-1-2-4-8(7)18-12/h1-5H,14H2,(H2,13,16). The summed E-state index contributed by atoms with van der Waals surface area (Å²) in [4.78, 5) is 16.6. The molecule has 3 aromatic rings. The number of rotatable bonds is 2. The minimum Gasteiger partial charge on any atom is -0.390 e. The molecule has 0 bridgehead atoms. The molecule has 0 saturated heterocycles. The van der Waals surface area contributed by atoms with Crippen molar-refractivity contribution in [1.82, 2.24) is 4.98 Å². The van der Waals surface area contributed by atoms with E-state index in [1.54, 1.807) is 17.4 Å². The van der Waals surface area contributed by atoms with Gasteiger partial charge in [0.2, 0.25) is 0 Å². The first kappa shape index (κ1) is 11.2. The first-order valence-electron chi connectivity index (χ1n) is 5.20. The summed E-state index contributed by atoms with van der Waals surface area (Å²) in [6, 6.07) is 9.61. The van der Waals surface area contributed by atoms with Crippen molar-refractivity contribution in [2.24, 2.45) is 5.73 Å². The molecule has 1 amide bonds. The molecule has 4 N–H and O–H groups in total. The number of fused-ring (bicyclic) bond motifs is 1. The predicted molar refractivity (Wildman–Crippen MR) is 75.9 cm³/mol. The molecule has 2 heterocycles. The fourth-order valence-corrected chi connectivity index (χ4v) is 3.62. The van der Waals surface area contributed by atoms with Gasteiger partial charge in [0.15, 0.2) is 0 Å². The number of hydrogen-bond donors (Lipinski definition) is 2. The largest absolute Gasteiger partial charge is 0.390 e. The van der Waals surface area contributed by atoms with E-state index in [9.17, 15) is 4.79 Å². The first-order valence-corrected chi connectivity index (χ1v) is 6.83. The molecule has 0 atom stereocenters. The molecule has 0 aliphatic carbocycles. The summed E-state index contributed by atoms with van der Waals surface area (Å²) in [6.45, 7) is 0. The van der Waals surface area contributed by atoms with Gasteiger partial charge in [0, 0.05) is 0 Å². The second-order valence-corrected chi connectivity index (χ2v) is 5.85. The number of anilines is 1. The van der Waals surface area contributed by atoms with Gasteiger partial charge in [0.05, 0.1) is 25.7 Å². The quantitative estimate of drug-likeness (QED) is 0.754. The highest BCUT2D eigenvalue weighted by Gasteiger charge is 2.14. The summed E-state index contributed by atoms with van der Waals surface area (Å²) in [6.07, 6.45) is 0. The summed E-state index contributed by atoms with van der Waals surface area (Å²) in [5.41, 5.74) is 12.3. The molecule has 0 aliphatic heterocycles. The zero-order valence-electron chi connectivity index (χ0n) is 9.21. The van der Waals surface area contributed by atoms with Crippen LogP contribution in [-0.4, -0.2) is 10.9 Å². The van der Waals surface area contributed by atoms with Crippen molar-refractivity contribution in [2.45, 2.75) is 0 Å². The van der Waals surface area contributed by atoms with Crippen LogP contribution in [0.15, 0.2) is 30.3 Å². The molecule has 3 rings (SSSR count). The highest BCUT2D eigenvalue weighted by atomic mass is 32.1. The lowest BCUT2D eigenvalue weighted by molar-refractivity contribution is 0.100. The van der Waals surface area contributed by atoms with Crippen LogP contribution >= 0.6 is 22.7 Å². The van der Waals surface area contributed by atoms with Gasteiger partial charge in [-0.2, -0.15) is 0 Å². The number of aromatic nitrogens is 1. The van der Waals surface area contributed by atoms with Crippen molar-refractivity contribution < 1.29 is 4.79 Å². The molecule has 0 fully saturated rings. The molecule has 0 unspecified atom stereocenters. The van der Waals surface area contributed by atoms with Crippen LogP contribution in [0.25, 0.3) is 20.1 Å². The van der Waals surface area contributed by atoms with E-state index in [4.69, 9.17) is 11.5 Å². The number of carbonyl (C=O) groups is 1. The summed E-state index contributed by atoms with van der Waals surface area (Å²) < 4.78 is 1.11. The fraction of sp³-hybridized carbons (Fsp3) is 0. The maximum atomic E-state index is 11.2. The van der Waals surface area contributed by atoms with Gasteiger partial charge in [0.1, 0.15) is 5.01 Å². The van der Waals surface area contributed by atoms with Crippen LogP contribution in [0.1, 0.15) is 10.4 Å². The lowest BCUT2D eigenvalue weighted by Gasteiger charge is -1.88. The Hall–Kier alpha value is -1.92. The van der Waals surface area contributed by atoms with E-state index in [-0.39, 0.29) is 0 Å². The molecule has 90 valence electrons. The van der Waals surface area contributed by atoms with Crippen LogP contribution < -0.4 is 11.5 Å². The lowest BCUT2D eigenvalue weighted by Crippen LogP contribution is -2.11. The average Bonchev–Trinajstić information content (AvgIpc) is 2.91. The molecule has 18 heavy (non-hydrogen) atoms. The number of primary amides is 1. The molecule has 6 heteroatoms. The third-order valence-electron chi connectivity index (χ3n) is 2.53. The van der Waals surface area contributed by atoms with Crippen molar-refractivity contribution in [3.8, 4) is 9.88 Å². The van der Waals surface area contributed by atoms with E-state index < -0.39 is 5.91 Å². The van der Waals surface area contributed by atoms with Crippen molar-refractivity contribution in [1.29, 1.82) is 0 Å². The molecule has 0 radical (unpaired) electrons. The van der Waals surface area contributed by atoms with Crippen molar-refractivity contribution in [3.63, 3.8) is 0 Å². The molecule has 0 aliphatic rings. The molecule has 4 nitrogen and oxygen atoms in total. The number of nitrogens with zero attached hydrogens (tertiary/aromatic N) is 1. The van der Waals surface area contributed by atoms with E-state index in [1.165, 1.54) is 11.3 Å². The van der Waals surface area contributed by atoms with Crippen molar-refractivity contribution in [2.75, 3.05) is 5.73 Å². The van der Waals surface area contributed by atoms with E-state index in [2.05, 4.69) is 4.98 Å². The second-order valence-electron chi connectivity index (χ2n) is 3.74. The average molecular weight is 275 g/mol. The Bertz CT molecular complexity index is 712. The van der Waals surface area contributed by atoms with E-state index in [1.807, 2.05) is 24.3 Å². The molecular formula is C12H9N3OS2. The Morgan fingerprint density at radius 2 is 2.00 bits per heavy atom. The number of benzene rings is 1. The molecule has 2 aromatic heterocycles. The van der Waals surface area contributed by atoms with E-state index in [0.29, 0.717) is 10.6 Å². The third kappa shape index (κ3) is 1.75. The summed E-state index contributed by atoms with van der Waals surface area (Å²) >= 11 is 2.91. The van der Waals surface area contributed by atoms with Crippen LogP contribution in [0.4, 0.5) is 5.00 Å². The van der Waals surface area contributed by atoms with Gasteiger partial charge in [0.25, 0.3) is 5.91 Å². The Morgan fingerprint density at radius 3 is 2.67 bits per heavy atom. The van der Waals surface area contributed by atoms with Crippen molar-refractivity contribution in [3.05, 3.63) is 35.9 Å². The van der Waals surface area contributed by atoms with Crippen LogP contribution in [0, 0.1) is 0 Å². The fourth-order valence-electron chi connectivity index (χ4n) is 1.68. The highest BCUT2D eigenvalue weighted by Crippen LogP contribution is 2.37. The number of hydrogen-bond acceptors (Lipinski definition) is 5. The number of thiophene rings is 1. The van der Waals surface area contributed by atoms with Gasteiger partial charge in [-0.15, -0.1) is 22.7 Å². The van der Waals surface area contributed by atoms with Gasteiger partial charge < -0.3 is 11.5 Å². The number of nitrogens with two attached hydrogens (primary N) is 2. The molecule has 0 saturated carbocycles. The summed E-state index contributed by atoms with van der Waals surface area (Å²) in [5.74, 6) is -0.504. The van der Waals surface area contributed by atoms with Crippen LogP contribution in [0.5, 0.6) is 0 Å². The Balaban J connectivity index is 2.14. The molecule has 1 aromatic carbocycles. The van der Waals surface area contributed by atoms with Gasteiger partial charge in [-0.25, -0.2) is 4.98 Å². The predicted octanol–water partition coefficient (Wildman–Crippen LogP) is 2.71. The van der Waals surface area contributed by atoms with Crippen LogP contribution in [-0.2, 0) is 0 Å². The SMILES string of the molecule is NC(=O)c1cc(-c2nc3ccccc3s2)sc1N. The molecule has 0 spiro atoms. The highest BCUT2D eigenvalue weighted by molar-refractivity contribution is 7.27.